The van der Waals surface area contributed by atoms with Crippen molar-refractivity contribution in [3.63, 3.8) is 0 Å². The average Bonchev–Trinajstić information content (AvgIpc) is 3.24. The summed E-state index contributed by atoms with van der Waals surface area (Å²) in [6, 6.07) is 13.7. The van der Waals surface area contributed by atoms with Crippen molar-refractivity contribution in [1.82, 2.24) is 15.5 Å². The fraction of sp³-hybridized carbons (Fsp3) is 0.280. The van der Waals surface area contributed by atoms with Gasteiger partial charge < -0.3 is 24.5 Å². The van der Waals surface area contributed by atoms with E-state index in [1.165, 1.54) is 4.90 Å². The lowest BCUT2D eigenvalue weighted by Gasteiger charge is -2.20. The van der Waals surface area contributed by atoms with Crippen molar-refractivity contribution >= 4 is 17.5 Å². The molecule has 0 spiro atoms. The normalized spacial score (nSPS) is 15.5. The van der Waals surface area contributed by atoms with Gasteiger partial charge in [-0.05, 0) is 37.6 Å². The number of nitrogens with zero attached hydrogens (tertiary/aromatic N) is 3. The van der Waals surface area contributed by atoms with E-state index in [9.17, 15) is 14.7 Å². The monoisotopic (exact) mass is 462 g/mol. The number of aromatic nitrogens is 2. The number of likely N-dealkylation sites (N-methyl/N-ethyl adjacent to an activating group) is 1. The third-order valence-corrected chi connectivity index (χ3v) is 5.03. The van der Waals surface area contributed by atoms with Crippen LogP contribution in [0, 0.1) is 11.8 Å². The Labute approximate surface area is 198 Å². The van der Waals surface area contributed by atoms with Crippen LogP contribution in [0.5, 0.6) is 5.75 Å². The van der Waals surface area contributed by atoms with Gasteiger partial charge in [-0.15, -0.1) is 10.2 Å². The molecule has 2 aromatic carbocycles. The molecule has 1 aliphatic heterocycles. The molecule has 9 heteroatoms. The van der Waals surface area contributed by atoms with Gasteiger partial charge >= 0.3 is 11.8 Å². The van der Waals surface area contributed by atoms with Crippen LogP contribution >= 0.6 is 0 Å². The number of aliphatic hydroxyl groups is 1. The number of rotatable bonds is 4. The zero-order valence-corrected chi connectivity index (χ0v) is 19.0. The lowest BCUT2D eigenvalue weighted by Crippen LogP contribution is -2.49. The molecule has 0 radical (unpaired) electrons. The zero-order valence-electron chi connectivity index (χ0n) is 19.0. The molecular weight excluding hydrogens is 436 g/mol. The number of nitrogens with one attached hydrogen (secondary N) is 1. The van der Waals surface area contributed by atoms with Crippen molar-refractivity contribution in [2.24, 2.45) is 0 Å². The molecule has 2 amide bonds. The lowest BCUT2D eigenvalue weighted by molar-refractivity contribution is -0.120. The minimum Gasteiger partial charge on any atom is -0.489 e. The van der Waals surface area contributed by atoms with Gasteiger partial charge in [0.15, 0.2) is 0 Å². The summed E-state index contributed by atoms with van der Waals surface area (Å²) in [6.45, 7) is 3.11. The number of fused-ring (bicyclic) bond motifs is 1. The summed E-state index contributed by atoms with van der Waals surface area (Å²) in [7, 11) is 1.59. The maximum atomic E-state index is 13.0. The quantitative estimate of drug-likeness (QED) is 0.571. The van der Waals surface area contributed by atoms with Crippen LogP contribution in [0.15, 0.2) is 52.9 Å². The summed E-state index contributed by atoms with van der Waals surface area (Å²) in [5.41, 5.74) is 0.947. The largest absolute Gasteiger partial charge is 0.489 e. The molecule has 2 heterocycles. The van der Waals surface area contributed by atoms with Crippen LogP contribution in [0.25, 0.3) is 0 Å². The van der Waals surface area contributed by atoms with Crippen LogP contribution in [0.3, 0.4) is 0 Å². The fourth-order valence-electron chi connectivity index (χ4n) is 3.31. The van der Waals surface area contributed by atoms with Crippen LogP contribution in [-0.2, 0) is 11.2 Å². The highest BCUT2D eigenvalue weighted by atomic mass is 16.5. The minimum atomic E-state index is -1.14. The second-order valence-electron chi connectivity index (χ2n) is 8.39. The maximum absolute atomic E-state index is 13.0. The first kappa shape index (κ1) is 23.0. The highest BCUT2D eigenvalue weighted by Gasteiger charge is 2.32. The van der Waals surface area contributed by atoms with Gasteiger partial charge in [-0.25, -0.2) is 0 Å². The second-order valence-corrected chi connectivity index (χ2v) is 8.39. The van der Waals surface area contributed by atoms with E-state index in [-0.39, 0.29) is 19.8 Å². The predicted molar refractivity (Wildman–Crippen MR) is 125 cm³/mol. The molecule has 1 aliphatic rings. The molecule has 4 rings (SSSR count). The Balaban J connectivity index is 0.00000342. The van der Waals surface area contributed by atoms with E-state index in [4.69, 9.17) is 9.15 Å². The molecule has 0 fully saturated rings. The van der Waals surface area contributed by atoms with Gasteiger partial charge in [0.25, 0.3) is 5.91 Å². The molecule has 0 saturated heterocycles. The molecule has 1 atom stereocenters. The molecule has 3 aromatic rings. The van der Waals surface area contributed by atoms with Gasteiger partial charge in [-0.3, -0.25) is 9.59 Å². The molecule has 2 N–H and O–H groups in total. The number of anilines is 1. The molecule has 0 bridgehead atoms. The van der Waals surface area contributed by atoms with E-state index in [1.807, 2.05) is 30.3 Å². The first-order valence-corrected chi connectivity index (χ1v) is 10.7. The third kappa shape index (κ3) is 5.42. The number of benzene rings is 2. The highest BCUT2D eigenvalue weighted by Crippen LogP contribution is 2.31. The summed E-state index contributed by atoms with van der Waals surface area (Å²) in [6.07, 6.45) is 0.392. The molecule has 0 saturated carbocycles. The van der Waals surface area contributed by atoms with Crippen LogP contribution < -0.4 is 15.0 Å². The molecule has 0 aliphatic carbocycles. The first-order valence-electron chi connectivity index (χ1n) is 10.7. The van der Waals surface area contributed by atoms with Crippen molar-refractivity contribution in [1.29, 1.82) is 0 Å². The van der Waals surface area contributed by atoms with Crippen molar-refractivity contribution < 1.29 is 25.3 Å². The van der Waals surface area contributed by atoms with Crippen LogP contribution in [0.2, 0.25) is 0 Å². The number of hydrogen-bond donors (Lipinski definition) is 2. The average molecular weight is 463 g/mol. The van der Waals surface area contributed by atoms with Crippen LogP contribution in [0.1, 0.15) is 43.0 Å². The summed E-state index contributed by atoms with van der Waals surface area (Å²) < 4.78 is 11.3. The Bertz CT molecular complexity index is 1270. The Kier molecular flexibility index (Phi) is 6.34. The third-order valence-electron chi connectivity index (χ3n) is 5.03. The number of amides is 2. The molecule has 0 unspecified atom stereocenters. The van der Waals surface area contributed by atoms with Gasteiger partial charge in [0.05, 0.1) is 12.1 Å². The SMILES string of the molecule is CN1C(=O)[C@@H](NC(=O)c2nnc(Cc3ccccc3)o2)COc2ccc(C#CC(C)(C)O)cc21.[HH]. The molecule has 34 heavy (non-hydrogen) atoms. The number of carbonyl (C=O) groups is 2. The predicted octanol–water partition coefficient (Wildman–Crippen LogP) is 2.18. The lowest BCUT2D eigenvalue weighted by atomic mass is 10.1. The Morgan fingerprint density at radius 3 is 2.76 bits per heavy atom. The topological polar surface area (TPSA) is 118 Å². The fourth-order valence-corrected chi connectivity index (χ4v) is 3.31. The number of hydrogen-bond acceptors (Lipinski definition) is 7. The van der Waals surface area contributed by atoms with Crippen LogP contribution in [-0.4, -0.2) is 52.4 Å². The smallest absolute Gasteiger partial charge is 0.309 e. The van der Waals surface area contributed by atoms with Crippen molar-refractivity contribution in [3.8, 4) is 17.6 Å². The van der Waals surface area contributed by atoms with E-state index in [1.54, 1.807) is 39.1 Å². The molecule has 1 aromatic heterocycles. The van der Waals surface area contributed by atoms with Gasteiger partial charge in [-0.2, -0.15) is 0 Å². The number of ether oxygens (including phenoxy) is 1. The summed E-state index contributed by atoms with van der Waals surface area (Å²) >= 11 is 0. The molecule has 176 valence electrons. The maximum Gasteiger partial charge on any atom is 0.309 e. The van der Waals surface area contributed by atoms with Crippen molar-refractivity contribution in [2.45, 2.75) is 31.9 Å². The van der Waals surface area contributed by atoms with E-state index < -0.39 is 17.6 Å². The minimum absolute atomic E-state index is 0. The van der Waals surface area contributed by atoms with Gasteiger partial charge in [0.2, 0.25) is 5.89 Å². The van der Waals surface area contributed by atoms with Crippen molar-refractivity contribution in [3.05, 3.63) is 71.4 Å². The molecule has 9 nitrogen and oxygen atoms in total. The standard InChI is InChI=1S/C25H24N4O5.H2/c1-25(2,32)12-11-17-9-10-20-19(13-17)29(3)24(31)18(15-33-20)26-22(30)23-28-27-21(34-23)14-16-7-5-4-6-8-16;/h4-10,13,18,32H,14-15H2,1-3H3,(H,26,30);1H/t18-;/m0./s1. The van der Waals surface area contributed by atoms with Gasteiger partial charge in [-0.1, -0.05) is 42.2 Å². The Hall–Kier alpha value is -4.16. The van der Waals surface area contributed by atoms with E-state index in [2.05, 4.69) is 27.4 Å². The van der Waals surface area contributed by atoms with Crippen molar-refractivity contribution in [2.75, 3.05) is 18.6 Å². The van der Waals surface area contributed by atoms with Gasteiger partial charge in [0, 0.05) is 14.0 Å². The van der Waals surface area contributed by atoms with E-state index in [0.29, 0.717) is 29.3 Å². The summed E-state index contributed by atoms with van der Waals surface area (Å²) in [5.74, 6) is 5.13. The Morgan fingerprint density at radius 2 is 2.03 bits per heavy atom. The van der Waals surface area contributed by atoms with E-state index >= 15 is 0 Å². The van der Waals surface area contributed by atoms with E-state index in [0.717, 1.165) is 5.56 Å². The Morgan fingerprint density at radius 1 is 1.26 bits per heavy atom. The summed E-state index contributed by atoms with van der Waals surface area (Å²) in [5, 5.41) is 20.2. The van der Waals surface area contributed by atoms with Crippen LogP contribution in [0.4, 0.5) is 5.69 Å². The molecular formula is C25H26N4O5. The number of carbonyl (C=O) groups excluding carboxylic acids is 2. The zero-order chi connectivity index (χ0) is 24.3. The highest BCUT2D eigenvalue weighted by molar-refractivity contribution is 6.02. The summed E-state index contributed by atoms with van der Waals surface area (Å²) in [4.78, 5) is 27.1. The van der Waals surface area contributed by atoms with Gasteiger partial charge in [0.1, 0.15) is 24.0 Å². The first-order chi connectivity index (χ1) is 16.2. The second kappa shape index (κ2) is 9.37.